The lowest BCUT2D eigenvalue weighted by Gasteiger charge is -2.43. The second-order valence-electron chi connectivity index (χ2n) is 7.87. The summed E-state index contributed by atoms with van der Waals surface area (Å²) in [6.07, 6.45) is 1.53. The van der Waals surface area contributed by atoms with Crippen LogP contribution in [0.15, 0.2) is 23.1 Å². The molecule has 0 aromatic heterocycles. The van der Waals surface area contributed by atoms with E-state index < -0.39 is 10.0 Å². The van der Waals surface area contributed by atoms with E-state index >= 15 is 0 Å². The molecule has 1 aliphatic heterocycles. The van der Waals surface area contributed by atoms with Crippen LogP contribution in [0.3, 0.4) is 0 Å². The van der Waals surface area contributed by atoms with Crippen molar-refractivity contribution in [2.45, 2.75) is 69.5 Å². The first-order valence-electron chi connectivity index (χ1n) is 8.26. The second kappa shape index (κ2) is 6.83. The molecule has 7 heteroatoms. The first-order valence-corrected chi connectivity index (χ1v) is 10.1. The van der Waals surface area contributed by atoms with E-state index in [2.05, 4.69) is 37.7 Å². The molecule has 0 atom stereocenters. The van der Waals surface area contributed by atoms with Crippen molar-refractivity contribution in [1.29, 1.82) is 0 Å². The van der Waals surface area contributed by atoms with E-state index in [0.717, 1.165) is 12.8 Å². The third kappa shape index (κ3) is 4.85. The average molecular weight is 376 g/mol. The van der Waals surface area contributed by atoms with E-state index in [1.807, 2.05) is 6.92 Å². The molecule has 0 radical (unpaired) electrons. The maximum atomic E-state index is 12.9. The highest BCUT2D eigenvalue weighted by Gasteiger charge is 2.43. The largest absolute Gasteiger partial charge is 0.492 e. The number of nitrogens with two attached hydrogens (primary N) is 1. The van der Waals surface area contributed by atoms with Crippen molar-refractivity contribution in [3.63, 3.8) is 0 Å². The number of hydrogen-bond acceptors (Lipinski definition) is 3. The van der Waals surface area contributed by atoms with E-state index in [4.69, 9.17) is 16.3 Å². The van der Waals surface area contributed by atoms with E-state index in [1.165, 1.54) is 6.07 Å². The van der Waals surface area contributed by atoms with Crippen LogP contribution in [0, 0.1) is 0 Å². The molecule has 1 aliphatic rings. The molecule has 0 saturated carbocycles. The van der Waals surface area contributed by atoms with Crippen LogP contribution in [0.5, 0.6) is 5.75 Å². The molecule has 1 aromatic rings. The molecule has 0 aliphatic carbocycles. The van der Waals surface area contributed by atoms with Crippen LogP contribution in [-0.4, -0.2) is 32.1 Å². The number of nitrogens with one attached hydrogen (secondary N) is 1. The molecular formula is C17H28ClN2O3S+. The van der Waals surface area contributed by atoms with Crippen molar-refractivity contribution in [3.8, 4) is 5.75 Å². The standard InChI is InChI=1S/C17H27ClN2O3S/c1-6-23-14-8-7-12(18)9-15(14)24(21,22)19-13-10-16(2,3)20-17(4,5)11-13/h7-9,13,19-20H,6,10-11H2,1-5H3/p+1. The van der Waals surface area contributed by atoms with E-state index in [-0.39, 0.29) is 22.0 Å². The molecular weight excluding hydrogens is 348 g/mol. The van der Waals surface area contributed by atoms with Crippen molar-refractivity contribution in [2.75, 3.05) is 6.61 Å². The van der Waals surface area contributed by atoms with Gasteiger partial charge in [-0.3, -0.25) is 0 Å². The summed E-state index contributed by atoms with van der Waals surface area (Å²) >= 11 is 6.00. The van der Waals surface area contributed by atoms with Gasteiger partial charge in [0.15, 0.2) is 0 Å². The Morgan fingerprint density at radius 2 is 1.83 bits per heavy atom. The van der Waals surface area contributed by atoms with Gasteiger partial charge in [-0.2, -0.15) is 0 Å². The molecule has 1 saturated heterocycles. The van der Waals surface area contributed by atoms with Gasteiger partial charge in [0.05, 0.1) is 17.7 Å². The summed E-state index contributed by atoms with van der Waals surface area (Å²) in [5.41, 5.74) is -0.0436. The Kier molecular flexibility index (Phi) is 5.55. The molecule has 5 nitrogen and oxygen atoms in total. The number of benzene rings is 1. The Bertz CT molecular complexity index is 686. The van der Waals surface area contributed by atoms with Gasteiger partial charge in [0.25, 0.3) is 0 Å². The Hall–Kier alpha value is -0.820. The molecule has 0 amide bonds. The number of hydrogen-bond donors (Lipinski definition) is 2. The predicted octanol–water partition coefficient (Wildman–Crippen LogP) is 2.30. The van der Waals surface area contributed by atoms with Crippen LogP contribution in [0.2, 0.25) is 5.02 Å². The third-order valence-corrected chi connectivity index (χ3v) is 5.92. The normalized spacial score (nSPS) is 20.8. The fourth-order valence-electron chi connectivity index (χ4n) is 3.85. The molecule has 0 spiro atoms. The molecule has 136 valence electrons. The summed E-state index contributed by atoms with van der Waals surface area (Å²) in [5.74, 6) is 0.329. The van der Waals surface area contributed by atoms with Gasteiger partial charge in [-0.05, 0) is 52.8 Å². The van der Waals surface area contributed by atoms with Crippen LogP contribution in [-0.2, 0) is 10.0 Å². The zero-order valence-corrected chi connectivity index (χ0v) is 16.6. The van der Waals surface area contributed by atoms with Crippen molar-refractivity contribution in [3.05, 3.63) is 23.2 Å². The van der Waals surface area contributed by atoms with Gasteiger partial charge in [-0.1, -0.05) is 11.6 Å². The highest BCUT2D eigenvalue weighted by molar-refractivity contribution is 7.89. The van der Waals surface area contributed by atoms with Gasteiger partial charge in [-0.25, -0.2) is 13.1 Å². The summed E-state index contributed by atoms with van der Waals surface area (Å²) in [6, 6.07) is 4.55. The third-order valence-electron chi connectivity index (χ3n) is 4.14. The maximum absolute atomic E-state index is 12.9. The summed E-state index contributed by atoms with van der Waals surface area (Å²) < 4.78 is 34.1. The van der Waals surface area contributed by atoms with Crippen molar-refractivity contribution in [2.24, 2.45) is 0 Å². The first-order chi connectivity index (χ1) is 10.9. The predicted molar refractivity (Wildman–Crippen MR) is 96.0 cm³/mol. The summed E-state index contributed by atoms with van der Waals surface area (Å²) in [4.78, 5) is 0.0991. The Labute approximate surface area is 150 Å². The SMILES string of the molecule is CCOc1ccc(Cl)cc1S(=O)(=O)NC1CC(C)(C)[NH2+]C(C)(C)C1. The maximum Gasteiger partial charge on any atom is 0.244 e. The van der Waals surface area contributed by atoms with Crippen LogP contribution >= 0.6 is 11.6 Å². The van der Waals surface area contributed by atoms with Crippen LogP contribution in [0.1, 0.15) is 47.5 Å². The Morgan fingerprint density at radius 3 is 2.38 bits per heavy atom. The fraction of sp³-hybridized carbons (Fsp3) is 0.647. The smallest absolute Gasteiger partial charge is 0.244 e. The number of sulfonamides is 1. The molecule has 3 N–H and O–H groups in total. The molecule has 1 heterocycles. The summed E-state index contributed by atoms with van der Waals surface area (Å²) in [7, 11) is -3.71. The number of rotatable bonds is 5. The van der Waals surface area contributed by atoms with Crippen LogP contribution < -0.4 is 14.8 Å². The Morgan fingerprint density at radius 1 is 1.25 bits per heavy atom. The lowest BCUT2D eigenvalue weighted by atomic mass is 9.80. The van der Waals surface area contributed by atoms with Gasteiger partial charge >= 0.3 is 0 Å². The molecule has 0 unspecified atom stereocenters. The zero-order chi connectivity index (χ0) is 18.2. The van der Waals surface area contributed by atoms with Crippen molar-refractivity contribution >= 4 is 21.6 Å². The second-order valence-corrected chi connectivity index (χ2v) is 9.99. The minimum absolute atomic E-state index is 0.0218. The van der Waals surface area contributed by atoms with Gasteiger partial charge in [0, 0.05) is 23.9 Å². The monoisotopic (exact) mass is 375 g/mol. The van der Waals surface area contributed by atoms with E-state index in [0.29, 0.717) is 17.4 Å². The molecule has 0 bridgehead atoms. The lowest BCUT2D eigenvalue weighted by Crippen LogP contribution is -3.06. The highest BCUT2D eigenvalue weighted by Crippen LogP contribution is 2.29. The zero-order valence-electron chi connectivity index (χ0n) is 15.0. The van der Waals surface area contributed by atoms with Gasteiger partial charge in [0.2, 0.25) is 10.0 Å². The van der Waals surface area contributed by atoms with Crippen LogP contribution in [0.25, 0.3) is 0 Å². The lowest BCUT2D eigenvalue weighted by molar-refractivity contribution is -0.787. The summed E-state index contributed by atoms with van der Waals surface area (Å²) in [6.45, 7) is 10.8. The van der Waals surface area contributed by atoms with Crippen molar-refractivity contribution < 1.29 is 18.5 Å². The van der Waals surface area contributed by atoms with E-state index in [1.54, 1.807) is 12.1 Å². The number of halogens is 1. The topological polar surface area (TPSA) is 72.0 Å². The van der Waals surface area contributed by atoms with Gasteiger partial charge in [0.1, 0.15) is 10.6 Å². The van der Waals surface area contributed by atoms with Gasteiger partial charge < -0.3 is 10.1 Å². The fourth-order valence-corrected chi connectivity index (χ4v) is 5.49. The minimum Gasteiger partial charge on any atom is -0.492 e. The molecule has 24 heavy (non-hydrogen) atoms. The summed E-state index contributed by atoms with van der Waals surface area (Å²) in [5, 5.41) is 2.69. The minimum atomic E-state index is -3.71. The highest BCUT2D eigenvalue weighted by atomic mass is 35.5. The number of piperidine rings is 1. The quantitative estimate of drug-likeness (QED) is 0.829. The van der Waals surface area contributed by atoms with Gasteiger partial charge in [-0.15, -0.1) is 0 Å². The first kappa shape index (κ1) is 19.5. The number of ether oxygens (including phenoxy) is 1. The number of quaternary nitrogens is 1. The molecule has 2 rings (SSSR count). The molecule has 1 fully saturated rings. The Balaban J connectivity index is 2.30. The average Bonchev–Trinajstić information content (AvgIpc) is 2.36. The molecule has 1 aromatic carbocycles. The van der Waals surface area contributed by atoms with E-state index in [9.17, 15) is 8.42 Å². The van der Waals surface area contributed by atoms with Crippen LogP contribution in [0.4, 0.5) is 0 Å². The van der Waals surface area contributed by atoms with Crippen molar-refractivity contribution in [1.82, 2.24) is 4.72 Å².